The number of nitrogens with zero attached hydrogens (tertiary/aromatic N) is 1. The summed E-state index contributed by atoms with van der Waals surface area (Å²) in [5.41, 5.74) is 1.06. The van der Waals surface area contributed by atoms with E-state index in [1.807, 2.05) is 26.0 Å². The van der Waals surface area contributed by atoms with Gasteiger partial charge in [0.15, 0.2) is 0 Å². The summed E-state index contributed by atoms with van der Waals surface area (Å²) in [5.74, 6) is 0. The number of hydrogen-bond acceptors (Lipinski definition) is 2. The van der Waals surface area contributed by atoms with Crippen LogP contribution in [0.15, 0.2) is 89.8 Å². The molecule has 0 saturated carbocycles. The van der Waals surface area contributed by atoms with Crippen LogP contribution in [-0.4, -0.2) is 32.9 Å². The van der Waals surface area contributed by atoms with Crippen LogP contribution in [0.25, 0.3) is 0 Å². The van der Waals surface area contributed by atoms with Crippen LogP contribution in [-0.2, 0) is 10.0 Å². The van der Waals surface area contributed by atoms with E-state index in [1.54, 1.807) is 16.4 Å². The van der Waals surface area contributed by atoms with Gasteiger partial charge in [0, 0.05) is 12.1 Å². The van der Waals surface area contributed by atoms with E-state index in [9.17, 15) is 8.42 Å². The summed E-state index contributed by atoms with van der Waals surface area (Å²) in [6.45, 7) is 11.0. The van der Waals surface area contributed by atoms with E-state index >= 15 is 0 Å². The lowest BCUT2D eigenvalue weighted by molar-refractivity contribution is 0.548. The minimum atomic E-state index is -3.51. The quantitative estimate of drug-likeness (QED) is 0.388. The Morgan fingerprint density at radius 2 is 1.28 bits per heavy atom. The van der Waals surface area contributed by atoms with Crippen molar-refractivity contribution in [2.24, 2.45) is 0 Å². The van der Waals surface area contributed by atoms with Crippen molar-refractivity contribution in [2.75, 3.05) is 0 Å². The Hall–Kier alpha value is -2.21. The Bertz CT molecular complexity index is 1130. The van der Waals surface area contributed by atoms with E-state index in [0.29, 0.717) is 4.90 Å². The first-order valence-corrected chi connectivity index (χ1v) is 14.9. The topological polar surface area (TPSA) is 37.1 Å². The number of benzene rings is 3. The number of rotatable bonds is 6. The van der Waals surface area contributed by atoms with Gasteiger partial charge in [-0.3, -0.25) is 0 Å². The van der Waals surface area contributed by atoms with E-state index in [1.165, 1.54) is 10.4 Å². The van der Waals surface area contributed by atoms with Gasteiger partial charge in [-0.25, -0.2) is 8.42 Å². The highest BCUT2D eigenvalue weighted by atomic mass is 32.2. The molecule has 0 spiro atoms. The smallest absolute Gasteiger partial charge is 0.207 e. The fourth-order valence-electron chi connectivity index (χ4n) is 5.21. The zero-order valence-corrected chi connectivity index (χ0v) is 21.4. The van der Waals surface area contributed by atoms with E-state index in [-0.39, 0.29) is 17.1 Å². The standard InChI is InChI=1S/C27H33NO2SSi/c1-21-16-18-23(19-17-21)31(29,30)28-22(2)26(28)20-32(27(3,4)5,24-12-8-6-9-13-24)25-14-10-7-11-15-25/h6-19,22,26H,20H2,1-5H3/t22-,26-,28?/m1/s1. The lowest BCUT2D eigenvalue weighted by Gasteiger charge is -2.44. The van der Waals surface area contributed by atoms with Gasteiger partial charge >= 0.3 is 0 Å². The van der Waals surface area contributed by atoms with Gasteiger partial charge in [-0.1, -0.05) is 110 Å². The first kappa shape index (κ1) is 23.0. The third-order valence-corrected chi connectivity index (χ3v) is 15.4. The highest BCUT2D eigenvalue weighted by Crippen LogP contribution is 2.46. The van der Waals surface area contributed by atoms with Crippen molar-refractivity contribution in [1.29, 1.82) is 0 Å². The molecule has 1 saturated heterocycles. The molecule has 3 aromatic carbocycles. The van der Waals surface area contributed by atoms with Crippen LogP contribution in [0.2, 0.25) is 11.1 Å². The molecule has 0 bridgehead atoms. The summed E-state index contributed by atoms with van der Waals surface area (Å²) in [6, 6.07) is 29.7. The van der Waals surface area contributed by atoms with Gasteiger partial charge in [0.25, 0.3) is 0 Å². The zero-order chi connectivity index (χ0) is 23.1. The van der Waals surface area contributed by atoms with Gasteiger partial charge in [-0.2, -0.15) is 4.31 Å². The third-order valence-electron chi connectivity index (χ3n) is 7.12. The Labute approximate surface area is 194 Å². The van der Waals surface area contributed by atoms with Gasteiger partial charge < -0.3 is 0 Å². The number of sulfonamides is 1. The summed E-state index contributed by atoms with van der Waals surface area (Å²) in [6.07, 6.45) is 0. The van der Waals surface area contributed by atoms with Crippen LogP contribution in [0.3, 0.4) is 0 Å². The second-order valence-corrected chi connectivity index (χ2v) is 16.8. The molecule has 0 N–H and O–H groups in total. The lowest BCUT2D eigenvalue weighted by Crippen LogP contribution is -2.65. The molecule has 168 valence electrons. The molecular weight excluding hydrogens is 430 g/mol. The highest BCUT2D eigenvalue weighted by molar-refractivity contribution is 7.89. The van der Waals surface area contributed by atoms with Crippen molar-refractivity contribution in [2.45, 2.75) is 62.7 Å². The van der Waals surface area contributed by atoms with Crippen molar-refractivity contribution < 1.29 is 8.42 Å². The van der Waals surface area contributed by atoms with Gasteiger partial charge in [0.1, 0.15) is 8.07 Å². The number of aryl methyl sites for hydroxylation is 1. The summed E-state index contributed by atoms with van der Waals surface area (Å²) >= 11 is 0. The molecule has 1 fully saturated rings. The Balaban J connectivity index is 1.78. The van der Waals surface area contributed by atoms with Crippen LogP contribution >= 0.6 is 0 Å². The van der Waals surface area contributed by atoms with Gasteiger partial charge in [0.05, 0.1) is 4.90 Å². The molecular formula is C27H33NO2SSi. The summed E-state index contributed by atoms with van der Waals surface area (Å²) in [7, 11) is -5.84. The Morgan fingerprint density at radius 1 is 0.812 bits per heavy atom. The third kappa shape index (κ3) is 3.87. The number of hydrogen-bond donors (Lipinski definition) is 0. The summed E-state index contributed by atoms with van der Waals surface area (Å²) in [4.78, 5) is 0.389. The van der Waals surface area contributed by atoms with Crippen LogP contribution in [0, 0.1) is 6.92 Å². The van der Waals surface area contributed by atoms with E-state index < -0.39 is 18.1 Å². The zero-order valence-electron chi connectivity index (χ0n) is 19.6. The molecule has 1 aliphatic heterocycles. The van der Waals surface area contributed by atoms with Crippen molar-refractivity contribution in [3.05, 3.63) is 90.5 Å². The fraction of sp³-hybridized carbons (Fsp3) is 0.333. The molecule has 3 atom stereocenters. The highest BCUT2D eigenvalue weighted by Gasteiger charge is 2.59. The first-order valence-electron chi connectivity index (χ1n) is 11.3. The largest absolute Gasteiger partial charge is 0.243 e. The van der Waals surface area contributed by atoms with Gasteiger partial charge in [0.2, 0.25) is 10.0 Å². The van der Waals surface area contributed by atoms with Crippen molar-refractivity contribution in [3.8, 4) is 0 Å². The Morgan fingerprint density at radius 3 is 1.72 bits per heavy atom. The van der Waals surface area contributed by atoms with Crippen molar-refractivity contribution in [1.82, 2.24) is 4.31 Å². The van der Waals surface area contributed by atoms with E-state index in [4.69, 9.17) is 0 Å². The maximum absolute atomic E-state index is 13.5. The average molecular weight is 464 g/mol. The fourth-order valence-corrected chi connectivity index (χ4v) is 13.0. The van der Waals surface area contributed by atoms with Crippen LogP contribution in [0.5, 0.6) is 0 Å². The molecule has 0 aromatic heterocycles. The molecule has 32 heavy (non-hydrogen) atoms. The van der Waals surface area contributed by atoms with Crippen molar-refractivity contribution >= 4 is 28.5 Å². The summed E-state index contributed by atoms with van der Waals surface area (Å²) < 4.78 is 28.7. The molecule has 0 amide bonds. The van der Waals surface area contributed by atoms with E-state index in [0.717, 1.165) is 11.6 Å². The molecule has 1 unspecified atom stereocenters. The lowest BCUT2D eigenvalue weighted by atomic mass is 10.2. The second-order valence-electron chi connectivity index (χ2n) is 10.0. The predicted molar refractivity (Wildman–Crippen MR) is 136 cm³/mol. The molecule has 3 nitrogen and oxygen atoms in total. The molecule has 3 aromatic rings. The monoisotopic (exact) mass is 463 g/mol. The maximum Gasteiger partial charge on any atom is 0.243 e. The molecule has 0 radical (unpaired) electrons. The maximum atomic E-state index is 13.5. The van der Waals surface area contributed by atoms with Gasteiger partial charge in [-0.15, -0.1) is 0 Å². The molecule has 1 heterocycles. The predicted octanol–water partition coefficient (Wildman–Crippen LogP) is 4.82. The minimum Gasteiger partial charge on any atom is -0.207 e. The second kappa shape index (κ2) is 8.29. The minimum absolute atomic E-state index is 0.00273. The first-order chi connectivity index (χ1) is 15.1. The molecule has 5 heteroatoms. The van der Waals surface area contributed by atoms with Crippen LogP contribution in [0.4, 0.5) is 0 Å². The summed E-state index contributed by atoms with van der Waals surface area (Å²) in [5, 5.41) is 2.74. The van der Waals surface area contributed by atoms with Crippen LogP contribution < -0.4 is 10.4 Å². The van der Waals surface area contributed by atoms with Crippen molar-refractivity contribution in [3.63, 3.8) is 0 Å². The normalized spacial score (nSPS) is 21.3. The Kier molecular flexibility index (Phi) is 5.95. The van der Waals surface area contributed by atoms with Crippen LogP contribution in [0.1, 0.15) is 33.3 Å². The molecule has 0 aliphatic carbocycles. The average Bonchev–Trinajstić information content (AvgIpc) is 3.42. The molecule has 4 rings (SSSR count). The van der Waals surface area contributed by atoms with E-state index in [2.05, 4.69) is 81.4 Å². The SMILES string of the molecule is Cc1ccc(S(=O)(=O)N2[C@H](C)[C@H]2C[Si](c2ccccc2)(c2ccccc2)C(C)(C)C)cc1. The van der Waals surface area contributed by atoms with Gasteiger partial charge in [-0.05, 0) is 37.1 Å². The molecule has 1 aliphatic rings.